The molecule has 1 amide bonds. The van der Waals surface area contributed by atoms with E-state index in [-0.39, 0.29) is 6.42 Å². The monoisotopic (exact) mass is 342 g/mol. The highest BCUT2D eigenvalue weighted by atomic mass is 35.5. The van der Waals surface area contributed by atoms with Gasteiger partial charge in [-0.3, -0.25) is 4.79 Å². The Labute approximate surface area is 141 Å². The maximum Gasteiger partial charge on any atom is 0.230 e. The minimum absolute atomic E-state index is 0.152. The first-order valence-corrected chi connectivity index (χ1v) is 8.27. The number of halogens is 1. The Kier molecular flexibility index (Phi) is 8.61. The van der Waals surface area contributed by atoms with E-state index in [1.807, 2.05) is 0 Å². The molecule has 0 unspecified atom stereocenters. The number of hydrogen-bond donors (Lipinski definition) is 3. The summed E-state index contributed by atoms with van der Waals surface area (Å²) in [6.45, 7) is 7.65. The van der Waals surface area contributed by atoms with Crippen LogP contribution in [0.5, 0.6) is 0 Å². The molecule has 0 radical (unpaired) electrons. The number of anilines is 1. The number of quaternary nitrogens is 2. The standard InChI is InChI=1S/C16H24ClN3O3/c1-3-20(4-2)10-9-18-14(16(22)23)11-15(21)19-13-8-6-5-7-12(13)17/h5-8,14,18H,3-4,9-11H2,1-2H3,(H,19,21)(H,22,23)/p+1/t14-/m0/s1. The zero-order chi connectivity index (χ0) is 17.2. The molecule has 0 fully saturated rings. The Morgan fingerprint density at radius 2 is 1.96 bits per heavy atom. The summed E-state index contributed by atoms with van der Waals surface area (Å²) >= 11 is 5.96. The molecule has 128 valence electrons. The molecule has 1 atom stereocenters. The molecule has 0 spiro atoms. The Hall–Kier alpha value is -1.63. The molecule has 0 aromatic heterocycles. The fraction of sp³-hybridized carbons (Fsp3) is 0.500. The predicted molar refractivity (Wildman–Crippen MR) is 87.2 cm³/mol. The van der Waals surface area contributed by atoms with Crippen LogP contribution in [0.2, 0.25) is 5.02 Å². The van der Waals surface area contributed by atoms with Crippen LogP contribution in [0.25, 0.3) is 0 Å². The highest BCUT2D eigenvalue weighted by Crippen LogP contribution is 2.20. The highest BCUT2D eigenvalue weighted by molar-refractivity contribution is 6.33. The molecule has 0 aliphatic heterocycles. The maximum atomic E-state index is 12.0. The molecule has 0 saturated carbocycles. The number of nitrogens with two attached hydrogens (primary N) is 1. The molecule has 1 aromatic carbocycles. The number of carboxylic acid groups (broad SMARTS) is 1. The number of rotatable bonds is 10. The summed E-state index contributed by atoms with van der Waals surface area (Å²) < 4.78 is 0. The normalized spacial score (nSPS) is 12.2. The number of carboxylic acids is 1. The minimum Gasteiger partial charge on any atom is -0.544 e. The van der Waals surface area contributed by atoms with Crippen LogP contribution in [0.4, 0.5) is 5.69 Å². The van der Waals surface area contributed by atoms with Crippen molar-refractivity contribution < 1.29 is 24.9 Å². The number of nitrogens with one attached hydrogen (secondary N) is 2. The molecular weight excluding hydrogens is 318 g/mol. The molecule has 23 heavy (non-hydrogen) atoms. The Morgan fingerprint density at radius 3 is 2.52 bits per heavy atom. The van der Waals surface area contributed by atoms with Gasteiger partial charge < -0.3 is 25.4 Å². The van der Waals surface area contributed by atoms with Crippen LogP contribution in [0.15, 0.2) is 24.3 Å². The van der Waals surface area contributed by atoms with Gasteiger partial charge in [0.1, 0.15) is 19.1 Å². The van der Waals surface area contributed by atoms with Gasteiger partial charge in [-0.2, -0.15) is 0 Å². The first-order valence-electron chi connectivity index (χ1n) is 7.90. The van der Waals surface area contributed by atoms with E-state index in [0.717, 1.165) is 19.6 Å². The van der Waals surface area contributed by atoms with Crippen molar-refractivity contribution in [2.75, 3.05) is 31.5 Å². The van der Waals surface area contributed by atoms with Crippen LogP contribution in [-0.2, 0) is 9.59 Å². The van der Waals surface area contributed by atoms with Gasteiger partial charge in [-0.15, -0.1) is 0 Å². The lowest BCUT2D eigenvalue weighted by molar-refractivity contribution is -0.910. The van der Waals surface area contributed by atoms with E-state index in [9.17, 15) is 14.7 Å². The molecule has 1 aromatic rings. The second kappa shape index (κ2) is 10.2. The van der Waals surface area contributed by atoms with E-state index in [1.54, 1.807) is 29.6 Å². The van der Waals surface area contributed by atoms with Gasteiger partial charge in [-0.05, 0) is 26.0 Å². The van der Waals surface area contributed by atoms with Gasteiger partial charge in [0.2, 0.25) is 5.91 Å². The molecule has 6 nitrogen and oxygen atoms in total. The van der Waals surface area contributed by atoms with Crippen LogP contribution in [-0.4, -0.2) is 44.1 Å². The van der Waals surface area contributed by atoms with Crippen LogP contribution in [0.1, 0.15) is 20.3 Å². The Balaban J connectivity index is 2.50. The summed E-state index contributed by atoms with van der Waals surface area (Å²) in [4.78, 5) is 24.6. The van der Waals surface area contributed by atoms with Gasteiger partial charge >= 0.3 is 0 Å². The maximum absolute atomic E-state index is 12.0. The van der Waals surface area contributed by atoms with Crippen molar-refractivity contribution in [1.29, 1.82) is 0 Å². The van der Waals surface area contributed by atoms with Crippen molar-refractivity contribution in [1.82, 2.24) is 0 Å². The number of hydrogen-bond acceptors (Lipinski definition) is 3. The zero-order valence-electron chi connectivity index (χ0n) is 13.6. The Bertz CT molecular complexity index is 521. The predicted octanol–water partition coefficient (Wildman–Crippen LogP) is -1.72. The topological polar surface area (TPSA) is 90.3 Å². The van der Waals surface area contributed by atoms with Crippen LogP contribution in [0.3, 0.4) is 0 Å². The number of carbonyl (C=O) groups excluding carboxylic acids is 2. The van der Waals surface area contributed by atoms with Gasteiger partial charge in [0, 0.05) is 0 Å². The smallest absolute Gasteiger partial charge is 0.230 e. The molecule has 0 aliphatic carbocycles. The second-order valence-corrected chi connectivity index (χ2v) is 5.80. The highest BCUT2D eigenvalue weighted by Gasteiger charge is 2.19. The summed E-state index contributed by atoms with van der Waals surface area (Å²) in [6.07, 6.45) is -0.152. The van der Waals surface area contributed by atoms with Gasteiger partial charge in [0.25, 0.3) is 0 Å². The van der Waals surface area contributed by atoms with E-state index < -0.39 is 17.9 Å². The van der Waals surface area contributed by atoms with Crippen LogP contribution >= 0.6 is 11.6 Å². The summed E-state index contributed by atoms with van der Waals surface area (Å²) in [7, 11) is 0. The van der Waals surface area contributed by atoms with Crippen molar-refractivity contribution in [2.24, 2.45) is 0 Å². The first-order chi connectivity index (χ1) is 11.0. The fourth-order valence-electron chi connectivity index (χ4n) is 2.32. The van der Waals surface area contributed by atoms with E-state index in [1.165, 1.54) is 4.90 Å². The molecule has 0 aliphatic rings. The average molecular weight is 343 g/mol. The third-order valence-electron chi connectivity index (χ3n) is 3.81. The lowest BCUT2D eigenvalue weighted by Crippen LogP contribution is -3.14. The molecular formula is C16H25ClN3O3+. The summed E-state index contributed by atoms with van der Waals surface area (Å²) in [5, 5.41) is 15.9. The lowest BCUT2D eigenvalue weighted by Gasteiger charge is -2.19. The number of para-hydroxylation sites is 1. The van der Waals surface area contributed by atoms with Gasteiger partial charge in [0.15, 0.2) is 0 Å². The van der Waals surface area contributed by atoms with Crippen molar-refractivity contribution in [3.05, 3.63) is 29.3 Å². The second-order valence-electron chi connectivity index (χ2n) is 5.39. The third kappa shape index (κ3) is 6.99. The van der Waals surface area contributed by atoms with Crippen LogP contribution in [0, 0.1) is 0 Å². The van der Waals surface area contributed by atoms with Crippen molar-refractivity contribution >= 4 is 29.2 Å². The fourth-order valence-corrected chi connectivity index (χ4v) is 2.50. The zero-order valence-corrected chi connectivity index (χ0v) is 14.4. The lowest BCUT2D eigenvalue weighted by atomic mass is 10.2. The number of carbonyl (C=O) groups is 2. The molecule has 7 heteroatoms. The molecule has 0 heterocycles. The number of benzene rings is 1. The van der Waals surface area contributed by atoms with Crippen molar-refractivity contribution in [2.45, 2.75) is 26.3 Å². The number of amides is 1. The van der Waals surface area contributed by atoms with Gasteiger partial charge in [-0.25, -0.2) is 0 Å². The average Bonchev–Trinajstić information content (AvgIpc) is 2.52. The largest absolute Gasteiger partial charge is 0.544 e. The molecule has 4 N–H and O–H groups in total. The summed E-state index contributed by atoms with van der Waals surface area (Å²) in [5.74, 6) is -1.62. The minimum atomic E-state index is -1.23. The number of likely N-dealkylation sites (N-methyl/N-ethyl adjacent to an activating group) is 1. The van der Waals surface area contributed by atoms with E-state index in [2.05, 4.69) is 19.2 Å². The third-order valence-corrected chi connectivity index (χ3v) is 4.13. The van der Waals surface area contributed by atoms with Crippen molar-refractivity contribution in [3.8, 4) is 0 Å². The molecule has 1 rings (SSSR count). The van der Waals surface area contributed by atoms with Gasteiger partial charge in [0.05, 0.1) is 36.2 Å². The Morgan fingerprint density at radius 1 is 1.30 bits per heavy atom. The SMILES string of the molecule is CC[NH+](CC)CC[NH2+][C@@H](CC(=O)Nc1ccccc1Cl)C(=O)[O-]. The van der Waals surface area contributed by atoms with E-state index in [0.29, 0.717) is 17.3 Å². The number of aliphatic carboxylic acids is 1. The summed E-state index contributed by atoms with van der Waals surface area (Å²) in [6, 6.07) is 5.93. The quantitative estimate of drug-likeness (QED) is 0.472. The molecule has 0 bridgehead atoms. The van der Waals surface area contributed by atoms with E-state index >= 15 is 0 Å². The first kappa shape index (κ1) is 19.4. The van der Waals surface area contributed by atoms with Crippen molar-refractivity contribution in [3.63, 3.8) is 0 Å². The summed E-state index contributed by atoms with van der Waals surface area (Å²) in [5.41, 5.74) is 0.476. The van der Waals surface area contributed by atoms with Crippen LogP contribution < -0.4 is 20.6 Å². The molecule has 0 saturated heterocycles. The van der Waals surface area contributed by atoms with Gasteiger partial charge in [-0.1, -0.05) is 23.7 Å². The van der Waals surface area contributed by atoms with E-state index in [4.69, 9.17) is 11.6 Å².